The molecular formula is C14H18FN3O2S. The first kappa shape index (κ1) is 14.7. The average Bonchev–Trinajstić information content (AvgIpc) is 2.47. The molecule has 1 saturated carbocycles. The lowest BCUT2D eigenvalue weighted by Gasteiger charge is -2.28. The smallest absolute Gasteiger partial charge is 0.235 e. The fourth-order valence-corrected chi connectivity index (χ4v) is 3.50. The van der Waals surface area contributed by atoms with Crippen LogP contribution in [-0.4, -0.2) is 33.9 Å². The van der Waals surface area contributed by atoms with Gasteiger partial charge in [0, 0.05) is 12.6 Å². The van der Waals surface area contributed by atoms with Crippen LogP contribution in [0.25, 0.3) is 0 Å². The molecule has 3 rings (SSSR count). The van der Waals surface area contributed by atoms with Crippen LogP contribution in [0.4, 0.5) is 10.2 Å². The van der Waals surface area contributed by atoms with Crippen LogP contribution in [0, 0.1) is 5.82 Å². The van der Waals surface area contributed by atoms with E-state index in [1.807, 2.05) is 0 Å². The van der Waals surface area contributed by atoms with Crippen molar-refractivity contribution in [3.8, 4) is 0 Å². The molecule has 0 aromatic carbocycles. The van der Waals surface area contributed by atoms with E-state index in [-0.39, 0.29) is 36.1 Å². The van der Waals surface area contributed by atoms with Crippen LogP contribution >= 0.6 is 11.8 Å². The van der Waals surface area contributed by atoms with E-state index in [0.717, 1.165) is 25.7 Å². The summed E-state index contributed by atoms with van der Waals surface area (Å²) in [5.41, 5.74) is 0.273. The first-order valence-corrected chi connectivity index (χ1v) is 8.15. The number of carbonyl (C=O) groups excluding carboxylic acids is 1. The van der Waals surface area contributed by atoms with Crippen molar-refractivity contribution in [1.29, 1.82) is 0 Å². The second-order valence-corrected chi connectivity index (χ2v) is 6.46. The summed E-state index contributed by atoms with van der Waals surface area (Å²) in [6.07, 6.45) is 3.40. The highest BCUT2D eigenvalue weighted by atomic mass is 32.2. The summed E-state index contributed by atoms with van der Waals surface area (Å²) >= 11 is 1.29. The number of fused-ring (bicyclic) bond motifs is 1. The van der Waals surface area contributed by atoms with Crippen LogP contribution in [0.3, 0.4) is 0 Å². The number of amides is 1. The molecule has 3 N–H and O–H groups in total. The maximum absolute atomic E-state index is 14.0. The fraction of sp³-hybridized carbons (Fsp3) is 0.571. The number of anilines is 1. The molecule has 2 heterocycles. The molecule has 0 radical (unpaired) electrons. The Hall–Kier alpha value is -1.18. The number of nitrogens with one attached hydrogen (secondary N) is 2. The highest BCUT2D eigenvalue weighted by Gasteiger charge is 2.24. The van der Waals surface area contributed by atoms with Gasteiger partial charge in [-0.25, -0.2) is 9.37 Å². The van der Waals surface area contributed by atoms with Gasteiger partial charge in [0.15, 0.2) is 0 Å². The topological polar surface area (TPSA) is 74.2 Å². The Morgan fingerprint density at radius 3 is 3.10 bits per heavy atom. The van der Waals surface area contributed by atoms with E-state index in [1.165, 1.54) is 17.8 Å². The van der Waals surface area contributed by atoms with Gasteiger partial charge in [0.2, 0.25) is 5.91 Å². The first-order chi connectivity index (χ1) is 10.1. The van der Waals surface area contributed by atoms with Gasteiger partial charge in [0.25, 0.3) is 0 Å². The molecule has 2 aliphatic rings. The van der Waals surface area contributed by atoms with E-state index in [0.29, 0.717) is 16.5 Å². The van der Waals surface area contributed by atoms with E-state index in [1.54, 1.807) is 0 Å². The van der Waals surface area contributed by atoms with Crippen LogP contribution in [0.15, 0.2) is 11.0 Å². The number of aliphatic hydroxyl groups is 1. The molecule has 0 bridgehead atoms. The molecule has 1 amide bonds. The number of aliphatic hydroxyl groups excluding tert-OH is 1. The molecule has 114 valence electrons. The summed E-state index contributed by atoms with van der Waals surface area (Å²) in [6.45, 7) is 0.251. The summed E-state index contributed by atoms with van der Waals surface area (Å²) < 4.78 is 14.0. The number of halogens is 1. The summed E-state index contributed by atoms with van der Waals surface area (Å²) in [5.74, 6) is 0.224. The number of nitrogens with zero attached hydrogens (tertiary/aromatic N) is 1. The summed E-state index contributed by atoms with van der Waals surface area (Å²) in [7, 11) is 0. The number of rotatable bonds is 3. The number of carbonyl (C=O) groups is 1. The lowest BCUT2D eigenvalue weighted by atomic mass is 9.92. The predicted molar refractivity (Wildman–Crippen MR) is 78.7 cm³/mol. The van der Waals surface area contributed by atoms with E-state index in [2.05, 4.69) is 15.6 Å². The van der Waals surface area contributed by atoms with Gasteiger partial charge in [-0.3, -0.25) is 4.79 Å². The Morgan fingerprint density at radius 1 is 1.48 bits per heavy atom. The maximum atomic E-state index is 14.0. The lowest BCUT2D eigenvalue weighted by molar-refractivity contribution is -0.113. The molecular weight excluding hydrogens is 293 g/mol. The van der Waals surface area contributed by atoms with E-state index in [9.17, 15) is 14.3 Å². The van der Waals surface area contributed by atoms with Gasteiger partial charge in [-0.2, -0.15) is 0 Å². The molecule has 1 aliphatic carbocycles. The zero-order valence-corrected chi connectivity index (χ0v) is 12.4. The monoisotopic (exact) mass is 311 g/mol. The zero-order chi connectivity index (χ0) is 14.8. The summed E-state index contributed by atoms with van der Waals surface area (Å²) in [5, 5.41) is 15.7. The van der Waals surface area contributed by atoms with Crippen molar-refractivity contribution in [2.24, 2.45) is 0 Å². The number of hydrogen-bond donors (Lipinski definition) is 3. The molecule has 0 saturated heterocycles. The van der Waals surface area contributed by atoms with Gasteiger partial charge >= 0.3 is 0 Å². The predicted octanol–water partition coefficient (Wildman–Crippen LogP) is 1.66. The SMILES string of the molecule is O=C1CSc2cc(F)c(CN[C@H]3CCCC[C@@H]3O)nc2N1. The Bertz CT molecular complexity index is 555. The Morgan fingerprint density at radius 2 is 2.29 bits per heavy atom. The van der Waals surface area contributed by atoms with Crippen LogP contribution in [-0.2, 0) is 11.3 Å². The normalized spacial score (nSPS) is 25.3. The van der Waals surface area contributed by atoms with Crippen molar-refractivity contribution >= 4 is 23.5 Å². The van der Waals surface area contributed by atoms with Gasteiger partial charge < -0.3 is 15.7 Å². The van der Waals surface area contributed by atoms with Crippen molar-refractivity contribution in [3.63, 3.8) is 0 Å². The molecule has 1 fully saturated rings. The van der Waals surface area contributed by atoms with Gasteiger partial charge in [-0.1, -0.05) is 12.8 Å². The second-order valence-electron chi connectivity index (χ2n) is 5.44. The first-order valence-electron chi connectivity index (χ1n) is 7.17. The number of aromatic nitrogens is 1. The third-order valence-corrected chi connectivity index (χ3v) is 4.92. The molecule has 1 aromatic rings. The van der Waals surface area contributed by atoms with E-state index in [4.69, 9.17) is 0 Å². The standard InChI is InChI=1S/C14H18FN3O2S/c15-8-5-12-14(18-13(20)7-21-12)17-10(8)6-16-9-3-1-2-4-11(9)19/h5,9,11,16,19H,1-4,6-7H2,(H,17,18,20)/t9-,11-/m0/s1. The summed E-state index contributed by atoms with van der Waals surface area (Å²) in [4.78, 5) is 16.2. The number of thioether (sulfide) groups is 1. The van der Waals surface area contributed by atoms with E-state index < -0.39 is 0 Å². The zero-order valence-electron chi connectivity index (χ0n) is 11.6. The molecule has 0 unspecified atom stereocenters. The van der Waals surface area contributed by atoms with Crippen molar-refractivity contribution in [1.82, 2.24) is 10.3 Å². The molecule has 2 atom stereocenters. The summed E-state index contributed by atoms with van der Waals surface area (Å²) in [6, 6.07) is 1.40. The van der Waals surface area contributed by atoms with Crippen molar-refractivity contribution in [2.75, 3.05) is 11.1 Å². The number of pyridine rings is 1. The van der Waals surface area contributed by atoms with E-state index >= 15 is 0 Å². The Balaban J connectivity index is 1.70. The quantitative estimate of drug-likeness (QED) is 0.791. The largest absolute Gasteiger partial charge is 0.392 e. The van der Waals surface area contributed by atoms with Gasteiger partial charge in [-0.15, -0.1) is 11.8 Å². The molecule has 1 aliphatic heterocycles. The minimum absolute atomic E-state index is 0.0139. The van der Waals surface area contributed by atoms with Crippen LogP contribution in [0.2, 0.25) is 0 Å². The molecule has 21 heavy (non-hydrogen) atoms. The lowest BCUT2D eigenvalue weighted by Crippen LogP contribution is -2.41. The third-order valence-electron chi connectivity index (χ3n) is 3.89. The van der Waals surface area contributed by atoms with Crippen LogP contribution in [0.5, 0.6) is 0 Å². The molecule has 1 aromatic heterocycles. The molecule has 7 heteroatoms. The van der Waals surface area contributed by atoms with Crippen LogP contribution < -0.4 is 10.6 Å². The highest BCUT2D eigenvalue weighted by Crippen LogP contribution is 2.31. The third kappa shape index (κ3) is 3.36. The minimum atomic E-state index is -0.380. The van der Waals surface area contributed by atoms with Crippen LogP contribution in [0.1, 0.15) is 31.4 Å². The minimum Gasteiger partial charge on any atom is -0.392 e. The van der Waals surface area contributed by atoms with Gasteiger partial charge in [-0.05, 0) is 18.9 Å². The van der Waals surface area contributed by atoms with Crippen molar-refractivity contribution in [3.05, 3.63) is 17.6 Å². The highest BCUT2D eigenvalue weighted by molar-refractivity contribution is 8.00. The van der Waals surface area contributed by atoms with Gasteiger partial charge in [0.1, 0.15) is 11.6 Å². The second kappa shape index (κ2) is 6.29. The maximum Gasteiger partial charge on any atom is 0.235 e. The van der Waals surface area contributed by atoms with Gasteiger partial charge in [0.05, 0.1) is 22.4 Å². The Kier molecular flexibility index (Phi) is 4.42. The number of hydrogen-bond acceptors (Lipinski definition) is 5. The van der Waals surface area contributed by atoms with Crippen molar-refractivity contribution in [2.45, 2.75) is 49.3 Å². The fourth-order valence-electron chi connectivity index (χ4n) is 2.72. The average molecular weight is 311 g/mol. The molecule has 5 nitrogen and oxygen atoms in total. The Labute approximate surface area is 126 Å². The molecule has 0 spiro atoms. The van der Waals surface area contributed by atoms with Crippen molar-refractivity contribution < 1.29 is 14.3 Å².